The Labute approximate surface area is 180 Å². The van der Waals surface area contributed by atoms with Crippen LogP contribution in [-0.2, 0) is 15.0 Å². The summed E-state index contributed by atoms with van der Waals surface area (Å²) in [5.41, 5.74) is 2.75. The molecule has 3 rings (SSSR count). The first kappa shape index (κ1) is 21.2. The fourth-order valence-corrected chi connectivity index (χ4v) is 3.63. The summed E-state index contributed by atoms with van der Waals surface area (Å²) < 4.78 is 0. The summed E-state index contributed by atoms with van der Waals surface area (Å²) in [6, 6.07) is 12.6. The molecule has 0 unspecified atom stereocenters. The Morgan fingerprint density at radius 1 is 1.03 bits per heavy atom. The lowest BCUT2D eigenvalue weighted by atomic mass is 9.87. The number of anilines is 1. The fourth-order valence-electron chi connectivity index (χ4n) is 3.13. The predicted octanol–water partition coefficient (Wildman–Crippen LogP) is 5.67. The van der Waals surface area contributed by atoms with Crippen molar-refractivity contribution in [2.24, 2.45) is 0 Å². The van der Waals surface area contributed by atoms with Gasteiger partial charge in [-0.2, -0.15) is 0 Å². The van der Waals surface area contributed by atoms with E-state index in [-0.39, 0.29) is 23.2 Å². The molecule has 0 saturated carbocycles. The summed E-state index contributed by atoms with van der Waals surface area (Å²) in [6.45, 7) is 10.1. The largest absolute Gasteiger partial charge is 0.350 e. The molecule has 0 radical (unpaired) electrons. The van der Waals surface area contributed by atoms with Crippen LogP contribution >= 0.6 is 23.2 Å². The second-order valence-electron chi connectivity index (χ2n) is 7.84. The van der Waals surface area contributed by atoms with Crippen molar-refractivity contribution in [2.45, 2.75) is 26.2 Å². The minimum atomic E-state index is -0.423. The lowest BCUT2D eigenvalue weighted by molar-refractivity contribution is -0.136. The minimum absolute atomic E-state index is 0.0136. The molecule has 150 valence electrons. The van der Waals surface area contributed by atoms with Crippen molar-refractivity contribution in [1.82, 2.24) is 4.90 Å². The molecular weight excluding hydrogens is 407 g/mol. The van der Waals surface area contributed by atoms with Gasteiger partial charge in [0.25, 0.3) is 11.8 Å². The topological polar surface area (TPSA) is 49.4 Å². The third-order valence-corrected chi connectivity index (χ3v) is 5.25. The lowest BCUT2D eigenvalue weighted by Crippen LogP contribution is -2.32. The van der Waals surface area contributed by atoms with Crippen molar-refractivity contribution in [3.63, 3.8) is 0 Å². The second-order valence-corrected chi connectivity index (χ2v) is 8.68. The van der Waals surface area contributed by atoms with Crippen LogP contribution in [0.2, 0.25) is 10.0 Å². The van der Waals surface area contributed by atoms with Crippen LogP contribution in [0.25, 0.3) is 5.57 Å². The number of rotatable bonds is 5. The van der Waals surface area contributed by atoms with Crippen LogP contribution < -0.4 is 5.32 Å². The second kappa shape index (κ2) is 8.05. The number of amides is 2. The number of carbonyl (C=O) groups excluding carboxylic acids is 2. The highest BCUT2D eigenvalue weighted by molar-refractivity contribution is 6.41. The zero-order valence-corrected chi connectivity index (χ0v) is 18.1. The van der Waals surface area contributed by atoms with E-state index >= 15 is 0 Å². The van der Waals surface area contributed by atoms with Gasteiger partial charge in [0.1, 0.15) is 5.70 Å². The molecule has 1 aliphatic rings. The van der Waals surface area contributed by atoms with Crippen molar-refractivity contribution in [3.8, 4) is 0 Å². The van der Waals surface area contributed by atoms with Gasteiger partial charge in [0.2, 0.25) is 0 Å². The standard InChI is InChI=1S/C23H22Cl2N2O2/c1-5-12-27-21(28)19(17-11-8-15(24)13-18(17)25)20(22(27)29)26-16-9-6-14(7-10-16)23(2,3)4/h5-11,13,26H,1,12H2,2-4H3. The van der Waals surface area contributed by atoms with Crippen LogP contribution in [0.4, 0.5) is 5.69 Å². The molecule has 1 N–H and O–H groups in total. The Kier molecular flexibility index (Phi) is 5.87. The van der Waals surface area contributed by atoms with Crippen molar-refractivity contribution < 1.29 is 9.59 Å². The van der Waals surface area contributed by atoms with Gasteiger partial charge in [0.05, 0.1) is 10.6 Å². The molecular formula is C23H22Cl2N2O2. The van der Waals surface area contributed by atoms with Crippen LogP contribution in [0.5, 0.6) is 0 Å². The third kappa shape index (κ3) is 4.24. The summed E-state index contributed by atoms with van der Waals surface area (Å²) in [4.78, 5) is 27.1. The Morgan fingerprint density at radius 3 is 2.24 bits per heavy atom. The van der Waals surface area contributed by atoms with Crippen LogP contribution in [0, 0.1) is 0 Å². The molecule has 2 amide bonds. The predicted molar refractivity (Wildman–Crippen MR) is 119 cm³/mol. The van der Waals surface area contributed by atoms with E-state index in [4.69, 9.17) is 23.2 Å². The van der Waals surface area contributed by atoms with E-state index in [9.17, 15) is 9.59 Å². The van der Waals surface area contributed by atoms with Gasteiger partial charge in [0, 0.05) is 22.8 Å². The maximum Gasteiger partial charge on any atom is 0.278 e. The molecule has 1 heterocycles. The van der Waals surface area contributed by atoms with E-state index in [0.29, 0.717) is 21.3 Å². The van der Waals surface area contributed by atoms with Gasteiger partial charge in [-0.15, -0.1) is 6.58 Å². The smallest absolute Gasteiger partial charge is 0.278 e. The van der Waals surface area contributed by atoms with Gasteiger partial charge in [-0.05, 0) is 35.2 Å². The van der Waals surface area contributed by atoms with Crippen molar-refractivity contribution in [3.05, 3.63) is 82.0 Å². The number of hydrogen-bond donors (Lipinski definition) is 1. The van der Waals surface area contributed by atoms with Crippen LogP contribution in [-0.4, -0.2) is 23.3 Å². The molecule has 4 nitrogen and oxygen atoms in total. The maximum atomic E-state index is 13.0. The molecule has 0 aliphatic carbocycles. The molecule has 0 bridgehead atoms. The molecule has 0 atom stereocenters. The van der Waals surface area contributed by atoms with Crippen LogP contribution in [0.1, 0.15) is 31.9 Å². The molecule has 0 spiro atoms. The van der Waals surface area contributed by atoms with Crippen molar-refractivity contribution >= 4 is 46.3 Å². The lowest BCUT2D eigenvalue weighted by Gasteiger charge is -2.19. The van der Waals surface area contributed by atoms with E-state index < -0.39 is 11.8 Å². The molecule has 1 aliphatic heterocycles. The SMILES string of the molecule is C=CCN1C(=O)C(Nc2ccc(C(C)(C)C)cc2)=C(c2ccc(Cl)cc2Cl)C1=O. The fraction of sp³-hybridized carbons (Fsp3) is 0.217. The van der Waals surface area contributed by atoms with Crippen molar-refractivity contribution in [1.29, 1.82) is 0 Å². The molecule has 6 heteroatoms. The maximum absolute atomic E-state index is 13.0. The first-order chi connectivity index (χ1) is 13.6. The zero-order chi connectivity index (χ0) is 21.3. The summed E-state index contributed by atoms with van der Waals surface area (Å²) in [6.07, 6.45) is 1.51. The van der Waals surface area contributed by atoms with Gasteiger partial charge < -0.3 is 5.32 Å². The summed E-state index contributed by atoms with van der Waals surface area (Å²) in [7, 11) is 0. The monoisotopic (exact) mass is 428 g/mol. The Bertz CT molecular complexity index is 1020. The van der Waals surface area contributed by atoms with Crippen molar-refractivity contribution in [2.75, 3.05) is 11.9 Å². The summed E-state index contributed by atoms with van der Waals surface area (Å²) >= 11 is 12.3. The molecule has 2 aromatic rings. The van der Waals surface area contributed by atoms with Crippen LogP contribution in [0.3, 0.4) is 0 Å². The number of benzene rings is 2. The number of nitrogens with one attached hydrogen (secondary N) is 1. The third-order valence-electron chi connectivity index (χ3n) is 4.70. The van der Waals surface area contributed by atoms with Crippen LogP contribution in [0.15, 0.2) is 60.8 Å². The normalized spacial score (nSPS) is 14.6. The highest BCUT2D eigenvalue weighted by atomic mass is 35.5. The van der Waals surface area contributed by atoms with Gasteiger partial charge in [-0.1, -0.05) is 68.2 Å². The van der Waals surface area contributed by atoms with E-state index in [2.05, 4.69) is 32.7 Å². The van der Waals surface area contributed by atoms with Gasteiger partial charge >= 0.3 is 0 Å². The summed E-state index contributed by atoms with van der Waals surface area (Å²) in [5, 5.41) is 3.87. The highest BCUT2D eigenvalue weighted by Crippen LogP contribution is 2.35. The highest BCUT2D eigenvalue weighted by Gasteiger charge is 2.39. The number of imide groups is 1. The van der Waals surface area contributed by atoms with E-state index in [1.165, 1.54) is 11.6 Å². The molecule has 2 aromatic carbocycles. The quantitative estimate of drug-likeness (QED) is 0.492. The number of carbonyl (C=O) groups is 2. The Balaban J connectivity index is 2.07. The van der Waals surface area contributed by atoms with E-state index in [1.54, 1.807) is 18.2 Å². The molecule has 0 fully saturated rings. The molecule has 0 aromatic heterocycles. The number of hydrogen-bond acceptors (Lipinski definition) is 3. The Morgan fingerprint density at radius 2 is 1.69 bits per heavy atom. The number of nitrogens with zero attached hydrogens (tertiary/aromatic N) is 1. The first-order valence-electron chi connectivity index (χ1n) is 9.18. The zero-order valence-electron chi connectivity index (χ0n) is 16.6. The van der Waals surface area contributed by atoms with E-state index in [1.807, 2.05) is 24.3 Å². The first-order valence-corrected chi connectivity index (χ1v) is 9.93. The molecule has 29 heavy (non-hydrogen) atoms. The minimum Gasteiger partial charge on any atom is -0.350 e. The average Bonchev–Trinajstić information content (AvgIpc) is 2.87. The Hall–Kier alpha value is -2.56. The van der Waals surface area contributed by atoms with Gasteiger partial charge in [0.15, 0.2) is 0 Å². The molecule has 0 saturated heterocycles. The number of halogens is 2. The van der Waals surface area contributed by atoms with E-state index in [0.717, 1.165) is 4.90 Å². The van der Waals surface area contributed by atoms with Gasteiger partial charge in [-0.3, -0.25) is 14.5 Å². The average molecular weight is 429 g/mol. The van der Waals surface area contributed by atoms with Gasteiger partial charge in [-0.25, -0.2) is 0 Å². The summed E-state index contributed by atoms with van der Waals surface area (Å²) in [5.74, 6) is -0.844.